The van der Waals surface area contributed by atoms with Crippen LogP contribution in [0.15, 0.2) is 35.1 Å². The first-order chi connectivity index (χ1) is 13.1. The van der Waals surface area contributed by atoms with Crippen LogP contribution in [0.2, 0.25) is 0 Å². The molecule has 1 aliphatic carbocycles. The third-order valence-corrected chi connectivity index (χ3v) is 5.34. The Kier molecular flexibility index (Phi) is 4.94. The second-order valence-electron chi connectivity index (χ2n) is 7.22. The molecule has 0 unspecified atom stereocenters. The van der Waals surface area contributed by atoms with Crippen LogP contribution in [0.25, 0.3) is 17.0 Å². The summed E-state index contributed by atoms with van der Waals surface area (Å²) >= 11 is 0. The Labute approximate surface area is 158 Å². The molecule has 2 atom stereocenters. The van der Waals surface area contributed by atoms with Crippen LogP contribution in [0.5, 0.6) is 0 Å². The molecule has 1 aromatic carbocycles. The fraction of sp³-hybridized carbons (Fsp3) is 0.450. The van der Waals surface area contributed by atoms with E-state index in [-0.39, 0.29) is 11.9 Å². The number of nitrogens with zero attached hydrogens (tertiary/aromatic N) is 3. The van der Waals surface area contributed by atoms with Crippen molar-refractivity contribution in [3.8, 4) is 0 Å². The first-order valence-corrected chi connectivity index (χ1v) is 9.45. The molecule has 0 spiro atoms. The van der Waals surface area contributed by atoms with E-state index in [0.717, 1.165) is 48.6 Å². The van der Waals surface area contributed by atoms with Crippen LogP contribution in [0.3, 0.4) is 0 Å². The van der Waals surface area contributed by atoms with Crippen molar-refractivity contribution in [2.75, 3.05) is 7.11 Å². The smallest absolute Gasteiger partial charge is 0.274 e. The lowest BCUT2D eigenvalue weighted by Gasteiger charge is -2.11. The number of aliphatic imine (C=N–C) groups is 1. The molecular formula is C20H25N5O2. The predicted molar refractivity (Wildman–Crippen MR) is 105 cm³/mol. The summed E-state index contributed by atoms with van der Waals surface area (Å²) in [7, 11) is 3.69. The van der Waals surface area contributed by atoms with Gasteiger partial charge in [-0.3, -0.25) is 14.8 Å². The quantitative estimate of drug-likeness (QED) is 0.645. The molecule has 142 valence electrons. The van der Waals surface area contributed by atoms with Gasteiger partial charge in [-0.2, -0.15) is 5.10 Å². The Morgan fingerprint density at radius 2 is 2.15 bits per heavy atom. The Morgan fingerprint density at radius 3 is 3.00 bits per heavy atom. The van der Waals surface area contributed by atoms with Crippen molar-refractivity contribution < 1.29 is 9.53 Å². The summed E-state index contributed by atoms with van der Waals surface area (Å²) in [6.45, 7) is 0. The molecule has 4 rings (SSSR count). The molecule has 2 aromatic rings. The van der Waals surface area contributed by atoms with Crippen LogP contribution in [0.4, 0.5) is 0 Å². The van der Waals surface area contributed by atoms with Crippen molar-refractivity contribution >= 4 is 28.8 Å². The number of nitrogens with one attached hydrogen (secondary N) is 2. The van der Waals surface area contributed by atoms with Gasteiger partial charge >= 0.3 is 0 Å². The third kappa shape index (κ3) is 3.88. The molecule has 1 saturated heterocycles. The van der Waals surface area contributed by atoms with E-state index < -0.39 is 0 Å². The van der Waals surface area contributed by atoms with Crippen molar-refractivity contribution in [2.24, 2.45) is 12.0 Å². The van der Waals surface area contributed by atoms with Gasteiger partial charge in [0.05, 0.1) is 23.9 Å². The van der Waals surface area contributed by atoms with Gasteiger partial charge < -0.3 is 10.1 Å². The zero-order valence-corrected chi connectivity index (χ0v) is 15.7. The molecule has 7 heteroatoms. The van der Waals surface area contributed by atoms with Gasteiger partial charge in [-0.05, 0) is 55.9 Å². The Morgan fingerprint density at radius 1 is 1.26 bits per heavy atom. The van der Waals surface area contributed by atoms with E-state index in [9.17, 15) is 4.79 Å². The van der Waals surface area contributed by atoms with Crippen LogP contribution < -0.4 is 10.6 Å². The highest BCUT2D eigenvalue weighted by atomic mass is 16.5. The number of hydrogen-bond acceptors (Lipinski definition) is 4. The molecular weight excluding hydrogens is 342 g/mol. The number of carbonyl (C=O) groups is 1. The summed E-state index contributed by atoms with van der Waals surface area (Å²) in [5, 5.41) is 11.3. The van der Waals surface area contributed by atoms with E-state index in [1.807, 2.05) is 42.2 Å². The van der Waals surface area contributed by atoms with Crippen molar-refractivity contribution in [3.63, 3.8) is 0 Å². The zero-order chi connectivity index (χ0) is 18.8. The minimum absolute atomic E-state index is 0.150. The van der Waals surface area contributed by atoms with E-state index >= 15 is 0 Å². The summed E-state index contributed by atoms with van der Waals surface area (Å²) in [5.41, 5.74) is 2.53. The van der Waals surface area contributed by atoms with Crippen molar-refractivity contribution in [3.05, 3.63) is 35.7 Å². The lowest BCUT2D eigenvalue weighted by atomic mass is 10.1. The number of benzene rings is 1. The maximum atomic E-state index is 12.3. The average Bonchev–Trinajstić information content (AvgIpc) is 3.09. The highest BCUT2D eigenvalue weighted by Gasteiger charge is 2.24. The molecule has 2 N–H and O–H groups in total. The summed E-state index contributed by atoms with van der Waals surface area (Å²) in [4.78, 5) is 17.0. The Balaban J connectivity index is 1.48. The number of rotatable bonds is 3. The van der Waals surface area contributed by atoms with Crippen LogP contribution in [-0.4, -0.2) is 40.9 Å². The predicted octanol–water partition coefficient (Wildman–Crippen LogP) is 2.34. The number of fused-ring (bicyclic) bond motifs is 1. The monoisotopic (exact) mass is 367 g/mol. The standard InChI is InChI=1S/C20H25N5O2/c1-25-18-9-6-13(10-14(18)12-21-25)11-17-19(26)24-20(23-17)22-15-4-3-5-16(27-2)8-7-15/h6,9-12,15-16H,3-5,7-8H2,1-2H3,(H2,22,23,24,26)/b17-11-/t15-,16-/m0/s1. The molecule has 2 fully saturated rings. The molecule has 27 heavy (non-hydrogen) atoms. The number of ether oxygens (including phenoxy) is 1. The maximum absolute atomic E-state index is 12.3. The summed E-state index contributed by atoms with van der Waals surface area (Å²) in [5.74, 6) is 0.401. The van der Waals surface area contributed by atoms with E-state index in [1.54, 1.807) is 7.11 Å². The van der Waals surface area contributed by atoms with E-state index in [4.69, 9.17) is 9.73 Å². The van der Waals surface area contributed by atoms with Gasteiger partial charge in [0, 0.05) is 19.5 Å². The number of methoxy groups -OCH3 is 1. The number of aromatic nitrogens is 2. The van der Waals surface area contributed by atoms with Gasteiger partial charge in [0.1, 0.15) is 5.70 Å². The fourth-order valence-corrected chi connectivity index (χ4v) is 3.79. The van der Waals surface area contributed by atoms with E-state index in [0.29, 0.717) is 17.8 Å². The lowest BCUT2D eigenvalue weighted by molar-refractivity contribution is -0.115. The minimum Gasteiger partial charge on any atom is -0.381 e. The number of carbonyl (C=O) groups excluding carboxylic acids is 1. The maximum Gasteiger partial charge on any atom is 0.274 e. The fourth-order valence-electron chi connectivity index (χ4n) is 3.79. The average molecular weight is 367 g/mol. The molecule has 1 aromatic heterocycles. The molecule has 1 amide bonds. The highest BCUT2D eigenvalue weighted by Crippen LogP contribution is 2.23. The second-order valence-corrected chi connectivity index (χ2v) is 7.22. The van der Waals surface area contributed by atoms with Gasteiger partial charge in [0.2, 0.25) is 5.96 Å². The van der Waals surface area contributed by atoms with Gasteiger partial charge in [0.15, 0.2) is 0 Å². The topological polar surface area (TPSA) is 80.5 Å². The highest BCUT2D eigenvalue weighted by molar-refractivity contribution is 6.15. The van der Waals surface area contributed by atoms with Crippen LogP contribution in [0.1, 0.15) is 37.7 Å². The molecule has 0 bridgehead atoms. The molecule has 1 aliphatic heterocycles. The summed E-state index contributed by atoms with van der Waals surface area (Å²) in [6.07, 6.45) is 9.21. The molecule has 2 heterocycles. The number of amides is 1. The minimum atomic E-state index is -0.150. The van der Waals surface area contributed by atoms with E-state index in [2.05, 4.69) is 15.7 Å². The molecule has 0 radical (unpaired) electrons. The van der Waals surface area contributed by atoms with Gasteiger partial charge in [0.25, 0.3) is 5.91 Å². The van der Waals surface area contributed by atoms with Crippen molar-refractivity contribution in [2.45, 2.75) is 44.2 Å². The second kappa shape index (κ2) is 7.52. The SMILES string of the molecule is CO[C@H]1CCC[C@H](N=C2NC(=O)/C(=C/c3ccc4c(cnn4C)c3)N2)CC1. The van der Waals surface area contributed by atoms with Crippen LogP contribution >= 0.6 is 0 Å². The van der Waals surface area contributed by atoms with Crippen molar-refractivity contribution in [1.29, 1.82) is 0 Å². The van der Waals surface area contributed by atoms with Gasteiger partial charge in [-0.1, -0.05) is 6.07 Å². The van der Waals surface area contributed by atoms with Gasteiger partial charge in [-0.25, -0.2) is 4.99 Å². The molecule has 2 aliphatic rings. The lowest BCUT2D eigenvalue weighted by Crippen LogP contribution is -2.27. The normalized spacial score (nSPS) is 26.4. The van der Waals surface area contributed by atoms with Gasteiger partial charge in [-0.15, -0.1) is 0 Å². The first-order valence-electron chi connectivity index (χ1n) is 9.45. The third-order valence-electron chi connectivity index (χ3n) is 5.34. The van der Waals surface area contributed by atoms with Crippen LogP contribution in [0, 0.1) is 0 Å². The first kappa shape index (κ1) is 17.7. The number of aryl methyl sites for hydroxylation is 1. The zero-order valence-electron chi connectivity index (χ0n) is 15.7. The molecule has 7 nitrogen and oxygen atoms in total. The Hall–Kier alpha value is -2.67. The molecule has 1 saturated carbocycles. The van der Waals surface area contributed by atoms with Crippen molar-refractivity contribution in [1.82, 2.24) is 20.4 Å². The van der Waals surface area contributed by atoms with Crippen LogP contribution in [-0.2, 0) is 16.6 Å². The van der Waals surface area contributed by atoms with E-state index in [1.165, 1.54) is 0 Å². The largest absolute Gasteiger partial charge is 0.381 e. The number of hydrogen-bond donors (Lipinski definition) is 2. The summed E-state index contributed by atoms with van der Waals surface area (Å²) in [6, 6.07) is 6.24. The Bertz CT molecular complexity index is 914. The summed E-state index contributed by atoms with van der Waals surface area (Å²) < 4.78 is 7.30. The number of guanidine groups is 1.